The smallest absolute Gasteiger partial charge is 0.262 e. The summed E-state index contributed by atoms with van der Waals surface area (Å²) in [7, 11) is 1.62. The minimum absolute atomic E-state index is 0. The molecule has 2 aromatic carbocycles. The molecule has 1 heterocycles. The quantitative estimate of drug-likeness (QED) is 0.0994. The van der Waals surface area contributed by atoms with E-state index in [0.717, 1.165) is 18.7 Å². The summed E-state index contributed by atoms with van der Waals surface area (Å²) in [5, 5.41) is 4.93. The number of methoxy groups -OCH3 is 1. The maximum atomic E-state index is 12.4. The summed E-state index contributed by atoms with van der Waals surface area (Å²) in [5.41, 5.74) is 3.99. The second kappa shape index (κ2) is 22.9. The van der Waals surface area contributed by atoms with Gasteiger partial charge in [-0.15, -0.1) is 0 Å². The van der Waals surface area contributed by atoms with Crippen molar-refractivity contribution in [3.05, 3.63) is 65.1 Å². The van der Waals surface area contributed by atoms with Gasteiger partial charge in [0.2, 0.25) is 5.51 Å². The van der Waals surface area contributed by atoms with E-state index in [0.29, 0.717) is 23.9 Å². The molecule has 0 aliphatic rings. The van der Waals surface area contributed by atoms with Crippen LogP contribution in [0.2, 0.25) is 0 Å². The molecule has 0 aliphatic heterocycles. The number of aromatic nitrogens is 1. The van der Waals surface area contributed by atoms with E-state index in [1.54, 1.807) is 24.5 Å². The van der Waals surface area contributed by atoms with Gasteiger partial charge in [-0.2, -0.15) is 4.57 Å². The van der Waals surface area contributed by atoms with Gasteiger partial charge in [0, 0.05) is 17.3 Å². The van der Waals surface area contributed by atoms with Gasteiger partial charge in [-0.3, -0.25) is 4.79 Å². The molecule has 0 spiro atoms. The Kier molecular flexibility index (Phi) is 19.5. The van der Waals surface area contributed by atoms with Gasteiger partial charge in [-0.05, 0) is 30.7 Å². The second-order valence-electron chi connectivity index (χ2n) is 11.0. The summed E-state index contributed by atoms with van der Waals surface area (Å²) in [4.78, 5) is 12.4. The number of unbranched alkanes of at least 4 members (excludes halogenated alkanes) is 13. The van der Waals surface area contributed by atoms with Crippen molar-refractivity contribution in [3.8, 4) is 17.2 Å². The highest BCUT2D eigenvalue weighted by Crippen LogP contribution is 2.31. The van der Waals surface area contributed by atoms with Crippen LogP contribution in [-0.4, -0.2) is 26.2 Å². The number of carbonyl (C=O) groups excluding carboxylic acids is 1. The van der Waals surface area contributed by atoms with Gasteiger partial charge in [-0.1, -0.05) is 114 Å². The third-order valence-corrected chi connectivity index (χ3v) is 8.06. The molecular weight excluding hydrogens is 624 g/mol. The van der Waals surface area contributed by atoms with Gasteiger partial charge in [0.1, 0.15) is 5.75 Å². The molecule has 0 saturated heterocycles. The van der Waals surface area contributed by atoms with E-state index >= 15 is 0 Å². The van der Waals surface area contributed by atoms with Crippen LogP contribution in [0.5, 0.6) is 17.2 Å². The van der Waals surface area contributed by atoms with Crippen molar-refractivity contribution < 1.29 is 40.6 Å². The second-order valence-corrected chi connectivity index (χ2v) is 11.7. The lowest BCUT2D eigenvalue weighted by Gasteiger charge is -2.13. The molecule has 6 nitrogen and oxygen atoms in total. The monoisotopic (exact) mass is 674 g/mol. The molecule has 43 heavy (non-hydrogen) atoms. The normalized spacial score (nSPS) is 10.7. The van der Waals surface area contributed by atoms with Gasteiger partial charge in [0.25, 0.3) is 5.91 Å². The number of rotatable bonds is 23. The molecule has 0 bridgehead atoms. The Balaban J connectivity index is 0.00000645. The van der Waals surface area contributed by atoms with Crippen molar-refractivity contribution in [3.63, 3.8) is 0 Å². The third-order valence-electron chi connectivity index (χ3n) is 7.39. The van der Waals surface area contributed by atoms with E-state index in [1.807, 2.05) is 48.0 Å². The first-order valence-corrected chi connectivity index (χ1v) is 16.9. The molecule has 1 aromatic heterocycles. The van der Waals surface area contributed by atoms with Crippen LogP contribution in [0.3, 0.4) is 0 Å². The van der Waals surface area contributed by atoms with Crippen LogP contribution < -0.4 is 41.1 Å². The molecule has 0 aliphatic carbocycles. The van der Waals surface area contributed by atoms with Crippen LogP contribution >= 0.6 is 11.3 Å². The fraction of sp³-hybridized carbons (Fsp3) is 0.543. The molecule has 0 radical (unpaired) electrons. The van der Waals surface area contributed by atoms with Crippen molar-refractivity contribution in [1.82, 2.24) is 0 Å². The molecular formula is C35H51BrN2O4S. The zero-order valence-corrected chi connectivity index (χ0v) is 28.6. The summed E-state index contributed by atoms with van der Waals surface area (Å²) in [6, 6.07) is 13.3. The number of hydrogen-bond donors (Lipinski definition) is 1. The largest absolute Gasteiger partial charge is 1.00 e. The minimum Gasteiger partial charge on any atom is -1.00 e. The molecule has 0 atom stereocenters. The molecule has 238 valence electrons. The van der Waals surface area contributed by atoms with Crippen molar-refractivity contribution in [1.29, 1.82) is 0 Å². The Morgan fingerprint density at radius 1 is 0.791 bits per heavy atom. The third kappa shape index (κ3) is 15.6. The van der Waals surface area contributed by atoms with E-state index < -0.39 is 0 Å². The number of nitrogens with one attached hydrogen (secondary N) is 1. The first kappa shape index (κ1) is 36.6. The summed E-state index contributed by atoms with van der Waals surface area (Å²) < 4.78 is 19.3. The zero-order chi connectivity index (χ0) is 29.7. The van der Waals surface area contributed by atoms with Crippen molar-refractivity contribution >= 4 is 22.9 Å². The molecule has 3 aromatic rings. The SMILES string of the molecule is CCCCCCCCCCCCCCCCOc1ccc(OCC(=O)Nc2ccc(C[n+]3ccsc3)cc2)cc1OC.[Br-]. The average molecular weight is 676 g/mol. The fourth-order valence-electron chi connectivity index (χ4n) is 4.94. The van der Waals surface area contributed by atoms with Crippen LogP contribution in [0.25, 0.3) is 0 Å². The van der Waals surface area contributed by atoms with Crippen LogP contribution in [0, 0.1) is 0 Å². The fourth-order valence-corrected chi connectivity index (χ4v) is 5.54. The Bertz CT molecular complexity index is 1130. The maximum Gasteiger partial charge on any atom is 0.262 e. The number of carbonyl (C=O) groups is 1. The van der Waals surface area contributed by atoms with E-state index in [9.17, 15) is 4.79 Å². The summed E-state index contributed by atoms with van der Waals surface area (Å²) >= 11 is 1.66. The van der Waals surface area contributed by atoms with Crippen LogP contribution in [0.1, 0.15) is 102 Å². The molecule has 3 rings (SSSR count). The van der Waals surface area contributed by atoms with Gasteiger partial charge < -0.3 is 36.5 Å². The zero-order valence-electron chi connectivity index (χ0n) is 26.2. The van der Waals surface area contributed by atoms with Gasteiger partial charge in [0.15, 0.2) is 30.8 Å². The molecule has 0 unspecified atom stereocenters. The lowest BCUT2D eigenvalue weighted by Crippen LogP contribution is -3.00. The van der Waals surface area contributed by atoms with Crippen LogP contribution in [-0.2, 0) is 11.3 Å². The van der Waals surface area contributed by atoms with Crippen LogP contribution in [0.4, 0.5) is 5.69 Å². The highest BCUT2D eigenvalue weighted by Gasteiger charge is 2.10. The Hall–Kier alpha value is -2.58. The number of halogens is 1. The minimum atomic E-state index is -0.216. The standard InChI is InChI=1S/C35H50N2O4S.BrH/c1-3-4-5-6-7-8-9-10-11-12-13-14-15-16-24-40-33-22-21-32(26-34(33)39-2)41-28-35(38)36-31-19-17-30(18-20-31)27-37-23-25-42-29-37;/h17-23,25-26,29H,3-16,24,27-28H2,1-2H3;1H. The topological polar surface area (TPSA) is 60.7 Å². The van der Waals surface area contributed by atoms with E-state index in [4.69, 9.17) is 14.2 Å². The van der Waals surface area contributed by atoms with Crippen molar-refractivity contribution in [2.45, 2.75) is 103 Å². The predicted octanol–water partition coefficient (Wildman–Crippen LogP) is 5.97. The lowest BCUT2D eigenvalue weighted by atomic mass is 10.0. The average Bonchev–Trinajstić information content (AvgIpc) is 3.52. The van der Waals surface area contributed by atoms with Gasteiger partial charge in [-0.25, -0.2) is 0 Å². The van der Waals surface area contributed by atoms with Gasteiger partial charge >= 0.3 is 0 Å². The molecule has 0 saturated carbocycles. The number of hydrogen-bond acceptors (Lipinski definition) is 5. The molecule has 1 N–H and O–H groups in total. The number of thiazole rings is 1. The molecule has 1 amide bonds. The van der Waals surface area contributed by atoms with E-state index in [1.165, 1.54) is 89.0 Å². The van der Waals surface area contributed by atoms with Crippen LogP contribution in [0.15, 0.2) is 59.6 Å². The summed E-state index contributed by atoms with van der Waals surface area (Å²) in [6.07, 6.45) is 20.8. The first-order valence-electron chi connectivity index (χ1n) is 15.9. The van der Waals surface area contributed by atoms with Crippen molar-refractivity contribution in [2.75, 3.05) is 25.6 Å². The Labute approximate surface area is 273 Å². The molecule has 0 fully saturated rings. The van der Waals surface area contributed by atoms with Crippen molar-refractivity contribution in [2.24, 2.45) is 0 Å². The highest BCUT2D eigenvalue weighted by atomic mass is 79.9. The number of nitrogens with zero attached hydrogens (tertiary/aromatic N) is 1. The van der Waals surface area contributed by atoms with E-state index in [-0.39, 0.29) is 29.5 Å². The lowest BCUT2D eigenvalue weighted by molar-refractivity contribution is -0.683. The van der Waals surface area contributed by atoms with E-state index in [2.05, 4.69) is 22.3 Å². The van der Waals surface area contributed by atoms with Gasteiger partial charge in [0.05, 0.1) is 19.1 Å². The summed E-state index contributed by atoms with van der Waals surface area (Å²) in [6.45, 7) is 3.66. The highest BCUT2D eigenvalue weighted by molar-refractivity contribution is 7.07. The predicted molar refractivity (Wildman–Crippen MR) is 173 cm³/mol. The summed E-state index contributed by atoms with van der Waals surface area (Å²) in [5.74, 6) is 1.66. The maximum absolute atomic E-state index is 12.4. The first-order chi connectivity index (χ1) is 20.7. The number of amides is 1. The number of anilines is 1. The Morgan fingerprint density at radius 2 is 1.42 bits per heavy atom. The number of benzene rings is 2. The molecule has 8 heteroatoms. The Morgan fingerprint density at radius 3 is 2.00 bits per heavy atom. The number of ether oxygens (including phenoxy) is 3.